The lowest BCUT2D eigenvalue weighted by molar-refractivity contribution is -0.161. The van der Waals surface area contributed by atoms with Crippen LogP contribution in [0.1, 0.15) is 336 Å². The molecule has 5 atom stereocenters. The first-order valence-electron chi connectivity index (χ1n) is 41.4. The molecular formula is C87H148O17P2. The molecule has 0 radical (unpaired) electrons. The van der Waals surface area contributed by atoms with E-state index in [-0.39, 0.29) is 25.7 Å². The lowest BCUT2D eigenvalue weighted by Gasteiger charge is -2.21. The van der Waals surface area contributed by atoms with Gasteiger partial charge in [-0.2, -0.15) is 0 Å². The van der Waals surface area contributed by atoms with Crippen LogP contribution < -0.4 is 0 Å². The third-order valence-electron chi connectivity index (χ3n) is 17.1. The summed E-state index contributed by atoms with van der Waals surface area (Å²) >= 11 is 0. The standard InChI is InChI=1S/C87H148O17P2/c1-5-9-13-17-21-25-29-33-36-38-40-42-45-49-52-56-60-64-68-72-85(90)98-78-83(104-87(92)74-70-66-62-58-54-50-46-43-41-39-37-34-30-26-22-18-14-10-6-2)80-102-106(95,96)100-76-81(88)75-99-105(93,94)101-79-82(103-86(91)73-69-65-61-57-53-47-32-28-24-20-16-12-8-4)77-97-84(89)71-67-63-59-55-51-48-44-35-31-27-23-19-15-11-7-3/h10,14,21-22,25-27,31,33-34,36-37,40-43,49-50,52,54,60,64,81-83,88H,5-9,11-13,15-20,23-24,28-30,32,35,38-39,44-48,51,53,55-59,61-63,65-80H2,1-4H3,(H,93,94)(H,95,96)/b14-10-,25-21-,26-22-,31-27-,36-33-,37-34-,42-40-,43-41-,52-49-,54-50-,64-60-/t81-,82+,83+/m0/s1. The predicted octanol–water partition coefficient (Wildman–Crippen LogP) is 24.4. The van der Waals surface area contributed by atoms with E-state index in [0.717, 1.165) is 141 Å². The lowest BCUT2D eigenvalue weighted by atomic mass is 10.0. The molecule has 106 heavy (non-hydrogen) atoms. The summed E-state index contributed by atoms with van der Waals surface area (Å²) in [5.41, 5.74) is 0. The van der Waals surface area contributed by atoms with Gasteiger partial charge < -0.3 is 33.8 Å². The van der Waals surface area contributed by atoms with E-state index >= 15 is 0 Å². The molecule has 3 N–H and O–H groups in total. The number of allylic oxidation sites excluding steroid dienone is 22. The largest absolute Gasteiger partial charge is 0.472 e. The third kappa shape index (κ3) is 77.4. The highest BCUT2D eigenvalue weighted by Gasteiger charge is 2.30. The van der Waals surface area contributed by atoms with Gasteiger partial charge >= 0.3 is 39.5 Å². The van der Waals surface area contributed by atoms with E-state index in [1.54, 1.807) is 0 Å². The number of esters is 4. The maximum Gasteiger partial charge on any atom is 0.472 e. The molecule has 0 saturated carbocycles. The van der Waals surface area contributed by atoms with Crippen molar-refractivity contribution in [3.8, 4) is 0 Å². The summed E-state index contributed by atoms with van der Waals surface area (Å²) in [4.78, 5) is 73.1. The van der Waals surface area contributed by atoms with Gasteiger partial charge in [-0.15, -0.1) is 0 Å². The summed E-state index contributed by atoms with van der Waals surface area (Å²) in [7, 11) is -9.99. The predicted molar refractivity (Wildman–Crippen MR) is 436 cm³/mol. The number of aliphatic hydroxyl groups is 1. The number of rotatable bonds is 77. The van der Waals surface area contributed by atoms with Gasteiger partial charge in [0, 0.05) is 25.7 Å². The molecule has 0 aliphatic rings. The Morgan fingerprint density at radius 1 is 0.274 bits per heavy atom. The summed E-state index contributed by atoms with van der Waals surface area (Å²) in [6.07, 6.45) is 88.6. The number of phosphoric ester groups is 2. The SMILES string of the molecule is CC/C=C\C/C=C\C/C=C\C/C=C\C/C=C\CCCCCC(=O)O[C@H](COC(=O)CC/C=C\C/C=C\C/C=C\C/C=C\C/C=C\CCCCC)COP(=O)(O)OC[C@@H](O)COP(=O)(O)OC[C@@H](COC(=O)CCCCCCCCC/C=C\CCCCCC)OC(=O)CCCCCCCCCCCCCCC. The molecule has 0 bridgehead atoms. The van der Waals surface area contributed by atoms with Crippen molar-refractivity contribution in [3.63, 3.8) is 0 Å². The zero-order valence-electron chi connectivity index (χ0n) is 66.6. The summed E-state index contributed by atoms with van der Waals surface area (Å²) < 4.78 is 68.6. The summed E-state index contributed by atoms with van der Waals surface area (Å²) in [5.74, 6) is -2.30. The van der Waals surface area contributed by atoms with Gasteiger partial charge in [0.2, 0.25) is 0 Å². The van der Waals surface area contributed by atoms with Crippen LogP contribution in [0.3, 0.4) is 0 Å². The van der Waals surface area contributed by atoms with Crippen LogP contribution in [0.15, 0.2) is 134 Å². The maximum absolute atomic E-state index is 13.1. The zero-order chi connectivity index (χ0) is 77.4. The highest BCUT2D eigenvalue weighted by atomic mass is 31.2. The van der Waals surface area contributed by atoms with Crippen molar-refractivity contribution in [2.24, 2.45) is 0 Å². The quantitative estimate of drug-likeness (QED) is 0.0169. The van der Waals surface area contributed by atoms with E-state index in [1.165, 1.54) is 109 Å². The Bertz CT molecular complexity index is 2530. The summed E-state index contributed by atoms with van der Waals surface area (Å²) in [6, 6.07) is 0. The van der Waals surface area contributed by atoms with Crippen LogP contribution in [0.5, 0.6) is 0 Å². The molecule has 0 aromatic rings. The van der Waals surface area contributed by atoms with Crippen LogP contribution >= 0.6 is 15.6 Å². The number of unbranched alkanes of at least 4 members (excludes halogenated alkanes) is 29. The van der Waals surface area contributed by atoms with Crippen LogP contribution in [0, 0.1) is 0 Å². The molecule has 0 saturated heterocycles. The first kappa shape index (κ1) is 101. The van der Waals surface area contributed by atoms with Crippen molar-refractivity contribution in [3.05, 3.63) is 134 Å². The molecule has 0 aromatic heterocycles. The second-order valence-corrected chi connectivity index (χ2v) is 30.2. The Morgan fingerprint density at radius 2 is 0.509 bits per heavy atom. The van der Waals surface area contributed by atoms with Crippen molar-refractivity contribution in [2.45, 2.75) is 354 Å². The third-order valence-corrected chi connectivity index (χ3v) is 19.0. The fourth-order valence-electron chi connectivity index (χ4n) is 10.8. The highest BCUT2D eigenvalue weighted by Crippen LogP contribution is 2.45. The lowest BCUT2D eigenvalue weighted by Crippen LogP contribution is -2.30. The van der Waals surface area contributed by atoms with E-state index in [9.17, 15) is 43.2 Å². The van der Waals surface area contributed by atoms with Crippen LogP contribution in [0.25, 0.3) is 0 Å². The van der Waals surface area contributed by atoms with Gasteiger partial charge in [-0.3, -0.25) is 37.3 Å². The fourth-order valence-corrected chi connectivity index (χ4v) is 12.4. The molecular weight excluding hydrogens is 1380 g/mol. The van der Waals surface area contributed by atoms with Crippen LogP contribution in [-0.2, 0) is 65.4 Å². The molecule has 0 aliphatic carbocycles. The Morgan fingerprint density at radius 3 is 0.858 bits per heavy atom. The van der Waals surface area contributed by atoms with Crippen LogP contribution in [-0.4, -0.2) is 96.7 Å². The van der Waals surface area contributed by atoms with E-state index < -0.39 is 97.5 Å². The molecule has 19 heteroatoms. The monoisotopic (exact) mass is 1530 g/mol. The average Bonchev–Trinajstić information content (AvgIpc) is 1.23. The van der Waals surface area contributed by atoms with Crippen molar-refractivity contribution < 1.29 is 80.2 Å². The van der Waals surface area contributed by atoms with Crippen LogP contribution in [0.4, 0.5) is 0 Å². The molecule has 0 aliphatic heterocycles. The Kier molecular flexibility index (Phi) is 74.8. The minimum absolute atomic E-state index is 0.0273. The van der Waals surface area contributed by atoms with E-state index in [1.807, 2.05) is 18.2 Å². The number of carbonyl (C=O) groups is 4. The Balaban J connectivity index is 5.46. The number of aliphatic hydroxyl groups excluding tert-OH is 1. The number of ether oxygens (including phenoxy) is 4. The van der Waals surface area contributed by atoms with Gasteiger partial charge in [-0.25, -0.2) is 9.13 Å². The molecule has 608 valence electrons. The number of carbonyl (C=O) groups excluding carboxylic acids is 4. The molecule has 2 unspecified atom stereocenters. The molecule has 0 heterocycles. The van der Waals surface area contributed by atoms with Gasteiger partial charge in [0.05, 0.1) is 26.4 Å². The highest BCUT2D eigenvalue weighted by molar-refractivity contribution is 7.47. The Hall–Kier alpha value is -4.80. The fraction of sp³-hybridized carbons (Fsp3) is 0.701. The first-order chi connectivity index (χ1) is 51.7. The summed E-state index contributed by atoms with van der Waals surface area (Å²) in [5, 5.41) is 10.7. The van der Waals surface area contributed by atoms with Crippen molar-refractivity contribution in [1.82, 2.24) is 0 Å². The van der Waals surface area contributed by atoms with E-state index in [2.05, 4.69) is 143 Å². The number of hydrogen-bond acceptors (Lipinski definition) is 15. The van der Waals surface area contributed by atoms with Gasteiger partial charge in [0.15, 0.2) is 12.2 Å². The average molecular weight is 1530 g/mol. The second kappa shape index (κ2) is 78.3. The van der Waals surface area contributed by atoms with Gasteiger partial charge in [-0.05, 0) is 135 Å². The van der Waals surface area contributed by atoms with Crippen LogP contribution in [0.2, 0.25) is 0 Å². The van der Waals surface area contributed by atoms with Gasteiger partial charge in [0.1, 0.15) is 19.3 Å². The minimum atomic E-state index is -5.01. The van der Waals surface area contributed by atoms with Gasteiger partial charge in [0.25, 0.3) is 0 Å². The Labute approximate surface area is 644 Å². The van der Waals surface area contributed by atoms with E-state index in [4.69, 9.17) is 37.0 Å². The maximum atomic E-state index is 13.1. The van der Waals surface area contributed by atoms with Crippen molar-refractivity contribution >= 4 is 39.5 Å². The molecule has 0 spiro atoms. The van der Waals surface area contributed by atoms with E-state index in [0.29, 0.717) is 32.1 Å². The normalized spacial score (nSPS) is 14.5. The molecule has 17 nitrogen and oxygen atoms in total. The van der Waals surface area contributed by atoms with Crippen molar-refractivity contribution in [1.29, 1.82) is 0 Å². The van der Waals surface area contributed by atoms with Crippen molar-refractivity contribution in [2.75, 3.05) is 39.6 Å². The molecule has 0 amide bonds. The first-order valence-corrected chi connectivity index (χ1v) is 44.4. The molecule has 0 fully saturated rings. The zero-order valence-corrected chi connectivity index (χ0v) is 68.4. The molecule has 0 rings (SSSR count). The van der Waals surface area contributed by atoms with Gasteiger partial charge in [-0.1, -0.05) is 309 Å². The number of phosphoric acid groups is 2. The topological polar surface area (TPSA) is 237 Å². The number of hydrogen-bond donors (Lipinski definition) is 3. The smallest absolute Gasteiger partial charge is 0.462 e. The minimum Gasteiger partial charge on any atom is -0.462 e. The second-order valence-electron chi connectivity index (χ2n) is 27.3. The molecule has 0 aromatic carbocycles. The summed E-state index contributed by atoms with van der Waals surface area (Å²) in [6.45, 7) is 4.62.